The van der Waals surface area contributed by atoms with Crippen LogP contribution in [0.5, 0.6) is 0 Å². The molecule has 30 heavy (non-hydrogen) atoms. The maximum Gasteiger partial charge on any atom is 0.183 e. The highest BCUT2D eigenvalue weighted by atomic mass is 16.5. The van der Waals surface area contributed by atoms with Crippen LogP contribution in [-0.2, 0) is 15.8 Å². The largest absolute Gasteiger partial charge is 0.396 e. The Hall–Kier alpha value is -2.44. The number of ether oxygens (including phenoxy) is 1. The van der Waals surface area contributed by atoms with Crippen LogP contribution in [0.3, 0.4) is 0 Å². The molecular formula is C24H28N4O2. The van der Waals surface area contributed by atoms with E-state index < -0.39 is 5.60 Å². The molecule has 4 aliphatic rings. The first-order valence-electron chi connectivity index (χ1n) is 10.9. The van der Waals surface area contributed by atoms with E-state index >= 15 is 0 Å². The van der Waals surface area contributed by atoms with Crippen molar-refractivity contribution in [2.75, 3.05) is 31.2 Å². The Balaban J connectivity index is 1.31. The predicted molar refractivity (Wildman–Crippen MR) is 115 cm³/mol. The number of pyridine rings is 1. The number of benzene rings is 1. The number of fused-ring (bicyclic) bond motifs is 2. The zero-order valence-electron chi connectivity index (χ0n) is 17.6. The number of nitrogens with zero attached hydrogens (tertiary/aromatic N) is 4. The van der Waals surface area contributed by atoms with E-state index in [-0.39, 0.29) is 17.4 Å². The molecule has 1 saturated carbocycles. The normalized spacial score (nSPS) is 32.7. The van der Waals surface area contributed by atoms with E-state index in [2.05, 4.69) is 61.3 Å². The average Bonchev–Trinajstić information content (AvgIpc) is 3.49. The minimum atomic E-state index is -0.402. The highest BCUT2D eigenvalue weighted by molar-refractivity contribution is 5.58. The average molecular weight is 405 g/mol. The van der Waals surface area contributed by atoms with Gasteiger partial charge < -0.3 is 14.7 Å². The number of hydrogen-bond acceptors (Lipinski definition) is 5. The summed E-state index contributed by atoms with van der Waals surface area (Å²) in [5.41, 5.74) is 4.30. The van der Waals surface area contributed by atoms with Crippen molar-refractivity contribution < 1.29 is 9.84 Å². The van der Waals surface area contributed by atoms with Crippen LogP contribution < -0.4 is 4.90 Å². The first-order chi connectivity index (χ1) is 14.4. The minimum absolute atomic E-state index is 0.0743. The summed E-state index contributed by atoms with van der Waals surface area (Å²) in [4.78, 5) is 7.30. The number of aliphatic hydroxyl groups excluding tert-OH is 1. The molecule has 0 radical (unpaired) electrons. The Morgan fingerprint density at radius 1 is 1.20 bits per heavy atom. The first-order valence-corrected chi connectivity index (χ1v) is 10.9. The second-order valence-electron chi connectivity index (χ2n) is 9.98. The molecule has 0 unspecified atom stereocenters. The smallest absolute Gasteiger partial charge is 0.183 e. The summed E-state index contributed by atoms with van der Waals surface area (Å²) in [6, 6.07) is 13.1. The second kappa shape index (κ2) is 6.05. The molecule has 3 saturated heterocycles. The second-order valence-corrected chi connectivity index (χ2v) is 9.98. The van der Waals surface area contributed by atoms with Crippen LogP contribution in [0, 0.1) is 12.3 Å². The Morgan fingerprint density at radius 2 is 2.00 bits per heavy atom. The zero-order chi connectivity index (χ0) is 20.6. The van der Waals surface area contributed by atoms with Gasteiger partial charge in [0.1, 0.15) is 5.60 Å². The van der Waals surface area contributed by atoms with Crippen molar-refractivity contribution >= 4 is 11.3 Å². The van der Waals surface area contributed by atoms with Crippen molar-refractivity contribution in [3.05, 3.63) is 59.5 Å². The van der Waals surface area contributed by atoms with Crippen LogP contribution in [0.1, 0.15) is 43.1 Å². The van der Waals surface area contributed by atoms with Crippen LogP contribution >= 0.6 is 0 Å². The van der Waals surface area contributed by atoms with Crippen LogP contribution in [0.25, 0.3) is 5.65 Å². The molecular weight excluding hydrogens is 376 g/mol. The number of rotatable bonds is 4. The van der Waals surface area contributed by atoms with Crippen molar-refractivity contribution in [2.24, 2.45) is 5.41 Å². The summed E-state index contributed by atoms with van der Waals surface area (Å²) < 4.78 is 7.99. The molecule has 0 spiro atoms. The summed E-state index contributed by atoms with van der Waals surface area (Å²) in [5, 5.41) is 14.5. The standard InChI is InChI=1S/C24H28N4O2/c1-17-10-19(27-9-8-22(2,14-27)18-6-4-3-5-7-18)11-28-20(17)25-21(26-28)24-12-23(13-24,15-29)16-30-24/h3-7,10-11,29H,8-9,12-16H2,1-2H3/t22-,23?,24?/m0/s1. The quantitative estimate of drug-likeness (QED) is 0.724. The molecule has 2 bridgehead atoms. The lowest BCUT2D eigenvalue weighted by molar-refractivity contribution is -0.0403. The fraction of sp³-hybridized carbons (Fsp3) is 0.500. The van der Waals surface area contributed by atoms with E-state index in [1.165, 1.54) is 11.3 Å². The number of aromatic nitrogens is 3. The summed E-state index contributed by atoms with van der Waals surface area (Å²) in [6.07, 6.45) is 4.89. The van der Waals surface area contributed by atoms with Gasteiger partial charge in [0.2, 0.25) is 0 Å². The van der Waals surface area contributed by atoms with Crippen LogP contribution in [0.2, 0.25) is 0 Å². The van der Waals surface area contributed by atoms with Gasteiger partial charge in [0, 0.05) is 23.9 Å². The van der Waals surface area contributed by atoms with Crippen LogP contribution in [-0.4, -0.2) is 46.0 Å². The SMILES string of the molecule is Cc1cc(N2CC[C@](C)(c3ccccc3)C2)cn2nc(C34CC(CO)(CO3)C4)nc12. The molecule has 0 amide bonds. The maximum atomic E-state index is 9.66. The van der Waals surface area contributed by atoms with Crippen LogP contribution in [0.15, 0.2) is 42.6 Å². The number of hydrogen-bond donors (Lipinski definition) is 1. The fourth-order valence-electron chi connectivity index (χ4n) is 5.79. The van der Waals surface area contributed by atoms with Crippen molar-refractivity contribution in [1.82, 2.24) is 14.6 Å². The van der Waals surface area contributed by atoms with E-state index in [1.54, 1.807) is 0 Å². The molecule has 4 fully saturated rings. The number of aliphatic hydroxyl groups is 1. The lowest BCUT2D eigenvalue weighted by Gasteiger charge is -2.41. The highest BCUT2D eigenvalue weighted by Gasteiger charge is 2.65. The van der Waals surface area contributed by atoms with Crippen molar-refractivity contribution in [1.29, 1.82) is 0 Å². The molecule has 6 nitrogen and oxygen atoms in total. The third-order valence-corrected chi connectivity index (χ3v) is 7.63. The fourth-order valence-corrected chi connectivity index (χ4v) is 5.79. The van der Waals surface area contributed by atoms with Gasteiger partial charge in [-0.1, -0.05) is 37.3 Å². The maximum absolute atomic E-state index is 9.66. The van der Waals surface area contributed by atoms with Crippen molar-refractivity contribution in [2.45, 2.75) is 44.1 Å². The van der Waals surface area contributed by atoms with E-state index in [4.69, 9.17) is 14.8 Å². The Labute approximate surface area is 176 Å². The third kappa shape index (κ3) is 2.50. The zero-order valence-corrected chi connectivity index (χ0v) is 17.6. The predicted octanol–water partition coefficient (Wildman–Crippen LogP) is 3.20. The van der Waals surface area contributed by atoms with Crippen molar-refractivity contribution in [3.8, 4) is 0 Å². The molecule has 1 aliphatic carbocycles. The molecule has 1 aromatic carbocycles. The van der Waals surface area contributed by atoms with Gasteiger partial charge in [0.05, 0.1) is 25.1 Å². The molecule has 6 heteroatoms. The Morgan fingerprint density at radius 3 is 2.73 bits per heavy atom. The topological polar surface area (TPSA) is 62.9 Å². The van der Waals surface area contributed by atoms with E-state index in [1.807, 2.05) is 4.52 Å². The summed E-state index contributed by atoms with van der Waals surface area (Å²) in [6.45, 7) is 7.28. The molecule has 2 aromatic heterocycles. The molecule has 3 aromatic rings. The summed E-state index contributed by atoms with van der Waals surface area (Å²) in [5.74, 6) is 0.764. The Kier molecular flexibility index (Phi) is 3.70. The monoisotopic (exact) mass is 404 g/mol. The van der Waals surface area contributed by atoms with Gasteiger partial charge in [0.15, 0.2) is 11.5 Å². The van der Waals surface area contributed by atoms with E-state index in [0.717, 1.165) is 49.4 Å². The van der Waals surface area contributed by atoms with Gasteiger partial charge in [-0.05, 0) is 43.4 Å². The summed E-state index contributed by atoms with van der Waals surface area (Å²) >= 11 is 0. The van der Waals surface area contributed by atoms with Gasteiger partial charge in [-0.3, -0.25) is 0 Å². The molecule has 3 aliphatic heterocycles. The highest BCUT2D eigenvalue weighted by Crippen LogP contribution is 2.62. The van der Waals surface area contributed by atoms with E-state index in [0.29, 0.717) is 6.61 Å². The Bertz CT molecular complexity index is 1120. The number of anilines is 1. The van der Waals surface area contributed by atoms with E-state index in [9.17, 15) is 5.11 Å². The van der Waals surface area contributed by atoms with Gasteiger partial charge in [-0.2, -0.15) is 0 Å². The molecule has 156 valence electrons. The lowest BCUT2D eigenvalue weighted by Crippen LogP contribution is -2.44. The lowest BCUT2D eigenvalue weighted by atomic mass is 9.62. The van der Waals surface area contributed by atoms with Crippen molar-refractivity contribution in [3.63, 3.8) is 0 Å². The van der Waals surface area contributed by atoms with Gasteiger partial charge >= 0.3 is 0 Å². The molecule has 1 N–H and O–H groups in total. The molecule has 7 rings (SSSR count). The minimum Gasteiger partial charge on any atom is -0.396 e. The molecule has 1 atom stereocenters. The number of aryl methyl sites for hydroxylation is 1. The van der Waals surface area contributed by atoms with Gasteiger partial charge in [-0.15, -0.1) is 5.10 Å². The summed E-state index contributed by atoms with van der Waals surface area (Å²) in [7, 11) is 0. The third-order valence-electron chi connectivity index (χ3n) is 7.63. The first kappa shape index (κ1) is 18.3. The molecule has 5 heterocycles. The van der Waals surface area contributed by atoms with Gasteiger partial charge in [-0.25, -0.2) is 9.50 Å². The van der Waals surface area contributed by atoms with Crippen LogP contribution in [0.4, 0.5) is 5.69 Å². The van der Waals surface area contributed by atoms with Gasteiger partial charge in [0.25, 0.3) is 0 Å².